The minimum atomic E-state index is -0.914. The van der Waals surface area contributed by atoms with E-state index in [0.29, 0.717) is 6.61 Å². The number of hydrogen-bond acceptors (Lipinski definition) is 4. The minimum Gasteiger partial charge on any atom is -0.481 e. The van der Waals surface area contributed by atoms with E-state index in [4.69, 9.17) is 15.0 Å². The first-order valence-corrected chi connectivity index (χ1v) is 6.13. The minimum absolute atomic E-state index is 0.182. The fourth-order valence-corrected chi connectivity index (χ4v) is 0.609. The van der Waals surface area contributed by atoms with E-state index in [1.165, 1.54) is 13.0 Å². The van der Waals surface area contributed by atoms with Crippen LogP contribution in [0, 0.1) is 0 Å². The van der Waals surface area contributed by atoms with Crippen molar-refractivity contribution in [2.45, 2.75) is 40.5 Å². The quantitative estimate of drug-likeness (QED) is 0.349. The van der Waals surface area contributed by atoms with E-state index in [-0.39, 0.29) is 5.97 Å². The molecule has 0 atom stereocenters. The molecule has 0 aromatic heterocycles. The van der Waals surface area contributed by atoms with Gasteiger partial charge < -0.3 is 14.9 Å². The highest BCUT2D eigenvalue weighted by Gasteiger charge is 1.88. The van der Waals surface area contributed by atoms with Crippen LogP contribution < -0.4 is 0 Å². The van der Waals surface area contributed by atoms with Crippen LogP contribution in [-0.2, 0) is 19.1 Å². The molecule has 116 valence electrons. The first-order chi connectivity index (χ1) is 9.27. The molecule has 0 aliphatic rings. The van der Waals surface area contributed by atoms with E-state index in [9.17, 15) is 9.59 Å². The van der Waals surface area contributed by atoms with Gasteiger partial charge in [0.15, 0.2) is 0 Å². The van der Waals surface area contributed by atoms with E-state index < -0.39 is 11.9 Å². The Bertz CT molecular complexity index is 314. The van der Waals surface area contributed by atoms with Crippen LogP contribution in [0.5, 0.6) is 0 Å². The Morgan fingerprint density at radius 2 is 1.60 bits per heavy atom. The van der Waals surface area contributed by atoms with Crippen molar-refractivity contribution in [2.75, 3.05) is 6.61 Å². The predicted molar refractivity (Wildman–Crippen MR) is 76.4 cm³/mol. The molecule has 0 heterocycles. The molecule has 6 heteroatoms. The molecule has 0 saturated carbocycles. The summed E-state index contributed by atoms with van der Waals surface area (Å²) in [5, 5.41) is 15.4. The molecule has 0 aliphatic heterocycles. The fraction of sp³-hybridized carbons (Fsp3) is 0.500. The lowest BCUT2D eigenvalue weighted by molar-refractivity contribution is -0.141. The standard InChI is InChI=1S/C6H12O2.C6H8O2.C2H4O2/c1-3-4-5-8-6(2)7;1-2-3-4-5-6(7)8;1-2(3)4/h3-5H2,1-2H3;2-5H,1H3,(H,7,8);1H3,(H,3,4)/b;3-2+,5-4+;. The maximum Gasteiger partial charge on any atom is 0.328 e. The van der Waals surface area contributed by atoms with Gasteiger partial charge in [-0.15, -0.1) is 0 Å². The first kappa shape index (κ1) is 23.0. The average Bonchev–Trinajstić information content (AvgIpc) is 2.29. The van der Waals surface area contributed by atoms with Crippen molar-refractivity contribution in [1.29, 1.82) is 0 Å². The van der Waals surface area contributed by atoms with Crippen molar-refractivity contribution in [3.63, 3.8) is 0 Å². The van der Waals surface area contributed by atoms with Crippen LogP contribution in [0.2, 0.25) is 0 Å². The van der Waals surface area contributed by atoms with Gasteiger partial charge in [0, 0.05) is 19.9 Å². The van der Waals surface area contributed by atoms with Crippen LogP contribution in [0.4, 0.5) is 0 Å². The van der Waals surface area contributed by atoms with Crippen molar-refractivity contribution in [3.8, 4) is 0 Å². The van der Waals surface area contributed by atoms with Gasteiger partial charge in [-0.25, -0.2) is 4.79 Å². The number of carbonyl (C=O) groups excluding carboxylic acids is 1. The second-order valence-corrected chi connectivity index (χ2v) is 3.44. The number of aliphatic carboxylic acids is 2. The molecule has 0 spiro atoms. The number of ether oxygens (including phenoxy) is 1. The second-order valence-electron chi connectivity index (χ2n) is 3.44. The summed E-state index contributed by atoms with van der Waals surface area (Å²) in [6.45, 7) is 6.97. The molecule has 0 unspecified atom stereocenters. The van der Waals surface area contributed by atoms with E-state index in [0.717, 1.165) is 25.8 Å². The van der Waals surface area contributed by atoms with Gasteiger partial charge in [-0.1, -0.05) is 31.6 Å². The van der Waals surface area contributed by atoms with Crippen LogP contribution in [0.1, 0.15) is 40.5 Å². The Kier molecular flexibility index (Phi) is 22.1. The van der Waals surface area contributed by atoms with Gasteiger partial charge in [0.2, 0.25) is 0 Å². The normalized spacial score (nSPS) is 9.20. The van der Waals surface area contributed by atoms with Crippen LogP contribution >= 0.6 is 0 Å². The second kappa shape index (κ2) is 19.2. The number of esters is 1. The Balaban J connectivity index is -0.000000230. The molecule has 20 heavy (non-hydrogen) atoms. The number of hydrogen-bond donors (Lipinski definition) is 2. The summed E-state index contributed by atoms with van der Waals surface area (Å²) in [6, 6.07) is 0. The summed E-state index contributed by atoms with van der Waals surface area (Å²) in [6.07, 6.45) is 8.03. The summed E-state index contributed by atoms with van der Waals surface area (Å²) < 4.78 is 4.64. The van der Waals surface area contributed by atoms with Gasteiger partial charge in [0.1, 0.15) is 0 Å². The summed E-state index contributed by atoms with van der Waals surface area (Å²) in [7, 11) is 0. The highest BCUT2D eigenvalue weighted by molar-refractivity contribution is 5.80. The summed E-state index contributed by atoms with van der Waals surface area (Å²) in [4.78, 5) is 28.8. The molecule has 0 aromatic carbocycles. The van der Waals surface area contributed by atoms with Crippen molar-refractivity contribution in [1.82, 2.24) is 0 Å². The number of allylic oxidation sites excluding steroid dienone is 3. The number of carboxylic acid groups (broad SMARTS) is 2. The molecular weight excluding hydrogens is 264 g/mol. The number of carboxylic acids is 2. The van der Waals surface area contributed by atoms with Gasteiger partial charge in [-0.3, -0.25) is 9.59 Å². The third-order valence-electron chi connectivity index (χ3n) is 1.35. The molecule has 0 aromatic rings. The van der Waals surface area contributed by atoms with E-state index in [1.54, 1.807) is 12.2 Å². The molecule has 0 saturated heterocycles. The molecular formula is C14H24O6. The number of rotatable bonds is 5. The van der Waals surface area contributed by atoms with Gasteiger partial charge in [-0.05, 0) is 13.3 Å². The van der Waals surface area contributed by atoms with Crippen molar-refractivity contribution >= 4 is 17.9 Å². The zero-order valence-corrected chi connectivity index (χ0v) is 12.5. The SMILES string of the molecule is C/C=C/C=C/C(=O)O.CC(=O)O.CCCCOC(C)=O. The third-order valence-corrected chi connectivity index (χ3v) is 1.35. The molecule has 0 rings (SSSR count). The lowest BCUT2D eigenvalue weighted by Crippen LogP contribution is -1.99. The van der Waals surface area contributed by atoms with Crippen molar-refractivity contribution < 1.29 is 29.3 Å². The van der Waals surface area contributed by atoms with Crippen LogP contribution in [-0.4, -0.2) is 34.7 Å². The van der Waals surface area contributed by atoms with E-state index in [2.05, 4.69) is 11.7 Å². The van der Waals surface area contributed by atoms with Crippen molar-refractivity contribution in [3.05, 3.63) is 24.3 Å². The zero-order valence-electron chi connectivity index (χ0n) is 12.5. The van der Waals surface area contributed by atoms with Gasteiger partial charge in [0.25, 0.3) is 5.97 Å². The molecule has 2 N–H and O–H groups in total. The Morgan fingerprint density at radius 3 is 1.90 bits per heavy atom. The molecule has 0 bridgehead atoms. The highest BCUT2D eigenvalue weighted by atomic mass is 16.5. The lowest BCUT2D eigenvalue weighted by atomic mass is 10.4. The molecule has 6 nitrogen and oxygen atoms in total. The first-order valence-electron chi connectivity index (χ1n) is 6.13. The van der Waals surface area contributed by atoms with Crippen LogP contribution in [0.3, 0.4) is 0 Å². The Hall–Kier alpha value is -2.11. The van der Waals surface area contributed by atoms with Crippen molar-refractivity contribution in [2.24, 2.45) is 0 Å². The maximum atomic E-state index is 10.1. The number of unbranched alkanes of at least 4 members (excludes halogenated alkanes) is 1. The predicted octanol–water partition coefficient (Wildman–Crippen LogP) is 2.64. The molecule has 0 fully saturated rings. The van der Waals surface area contributed by atoms with E-state index in [1.807, 2.05) is 6.92 Å². The van der Waals surface area contributed by atoms with Gasteiger partial charge in [-0.2, -0.15) is 0 Å². The van der Waals surface area contributed by atoms with Crippen LogP contribution in [0.15, 0.2) is 24.3 Å². The van der Waals surface area contributed by atoms with Gasteiger partial charge in [0.05, 0.1) is 6.61 Å². The maximum absolute atomic E-state index is 10.1. The number of carbonyl (C=O) groups is 3. The Morgan fingerprint density at radius 1 is 1.10 bits per heavy atom. The largest absolute Gasteiger partial charge is 0.481 e. The molecule has 0 aliphatic carbocycles. The summed E-state index contributed by atoms with van der Waals surface area (Å²) in [5.41, 5.74) is 0. The fourth-order valence-electron chi connectivity index (χ4n) is 0.609. The third kappa shape index (κ3) is 56.6. The molecule has 0 radical (unpaired) electrons. The Labute approximate surface area is 119 Å². The smallest absolute Gasteiger partial charge is 0.328 e. The average molecular weight is 288 g/mol. The topological polar surface area (TPSA) is 101 Å². The highest BCUT2D eigenvalue weighted by Crippen LogP contribution is 1.86. The summed E-state index contributed by atoms with van der Waals surface area (Å²) in [5.74, 6) is -1.93. The monoisotopic (exact) mass is 288 g/mol. The van der Waals surface area contributed by atoms with Crippen LogP contribution in [0.25, 0.3) is 0 Å². The summed E-state index contributed by atoms with van der Waals surface area (Å²) >= 11 is 0. The van der Waals surface area contributed by atoms with Gasteiger partial charge >= 0.3 is 11.9 Å². The molecule has 0 amide bonds. The lowest BCUT2D eigenvalue weighted by Gasteiger charge is -1.96. The zero-order chi connectivity index (χ0) is 16.4. The van der Waals surface area contributed by atoms with E-state index >= 15 is 0 Å².